The zero-order chi connectivity index (χ0) is 20.1. The van der Waals surface area contributed by atoms with Gasteiger partial charge in [0.05, 0.1) is 6.20 Å². The lowest BCUT2D eigenvalue weighted by Gasteiger charge is -2.36. The van der Waals surface area contributed by atoms with Crippen LogP contribution < -0.4 is 15.1 Å². The van der Waals surface area contributed by atoms with Crippen LogP contribution >= 0.6 is 0 Å². The van der Waals surface area contributed by atoms with Crippen molar-refractivity contribution in [2.45, 2.75) is 6.42 Å². The topological polar surface area (TPSA) is 57.2 Å². The van der Waals surface area contributed by atoms with E-state index in [4.69, 9.17) is 0 Å². The van der Waals surface area contributed by atoms with Gasteiger partial charge in [-0.05, 0) is 48.4 Å². The zero-order valence-electron chi connectivity index (χ0n) is 15.9. The highest BCUT2D eigenvalue weighted by molar-refractivity contribution is 5.49. The first kappa shape index (κ1) is 19.0. The normalized spacial score (nSPS) is 14.1. The van der Waals surface area contributed by atoms with E-state index >= 15 is 0 Å². The molecule has 2 heterocycles. The lowest BCUT2D eigenvalue weighted by molar-refractivity contribution is 0.623. The molecule has 1 N–H and O–H groups in total. The number of aromatic nitrogens is 3. The first-order chi connectivity index (χ1) is 14.2. The van der Waals surface area contributed by atoms with E-state index in [1.165, 1.54) is 24.3 Å². The minimum Gasteiger partial charge on any atom is -0.368 e. The zero-order valence-corrected chi connectivity index (χ0v) is 15.9. The molecule has 3 aromatic rings. The average Bonchev–Trinajstić information content (AvgIpc) is 2.76. The summed E-state index contributed by atoms with van der Waals surface area (Å²) >= 11 is 0. The molecule has 6 nitrogen and oxygen atoms in total. The fourth-order valence-electron chi connectivity index (χ4n) is 3.34. The second-order valence-corrected chi connectivity index (χ2v) is 6.89. The number of halogens is 2. The summed E-state index contributed by atoms with van der Waals surface area (Å²) in [5, 5.41) is 11.3. The molecule has 0 aliphatic carbocycles. The molecule has 0 radical (unpaired) electrons. The van der Waals surface area contributed by atoms with Gasteiger partial charge in [-0.3, -0.25) is 0 Å². The van der Waals surface area contributed by atoms with Crippen LogP contribution in [0.4, 0.5) is 26.2 Å². The number of anilines is 3. The molecular formula is C21H22F2N6. The van der Waals surface area contributed by atoms with E-state index in [2.05, 4.69) is 30.3 Å². The van der Waals surface area contributed by atoms with Gasteiger partial charge >= 0.3 is 0 Å². The Balaban J connectivity index is 1.30. The predicted octanol–water partition coefficient (Wildman–Crippen LogP) is 3.13. The van der Waals surface area contributed by atoms with Crippen molar-refractivity contribution in [3.05, 3.63) is 71.9 Å². The van der Waals surface area contributed by atoms with E-state index in [1.807, 2.05) is 0 Å². The molecule has 150 valence electrons. The van der Waals surface area contributed by atoms with Crippen LogP contribution in [-0.4, -0.2) is 47.9 Å². The Morgan fingerprint density at radius 2 is 1.45 bits per heavy atom. The van der Waals surface area contributed by atoms with Gasteiger partial charge in [-0.2, -0.15) is 10.1 Å². The van der Waals surface area contributed by atoms with Gasteiger partial charge in [0.1, 0.15) is 11.6 Å². The average molecular weight is 396 g/mol. The standard InChI is InChI=1S/C21H22F2N6/c22-17-3-1-16(2-4-17)9-10-24-21-26-20(15-25-27-21)29-13-11-28(12-14-29)19-7-5-18(23)6-8-19/h1-8,15H,9-14H2,(H,24,26,27). The smallest absolute Gasteiger partial charge is 0.244 e. The summed E-state index contributed by atoms with van der Waals surface area (Å²) in [6.45, 7) is 3.87. The van der Waals surface area contributed by atoms with Gasteiger partial charge in [-0.25, -0.2) is 8.78 Å². The van der Waals surface area contributed by atoms with Crippen LogP contribution in [-0.2, 0) is 6.42 Å². The molecule has 1 fully saturated rings. The van der Waals surface area contributed by atoms with Gasteiger partial charge in [0.15, 0.2) is 5.82 Å². The Hall–Kier alpha value is -3.29. The minimum absolute atomic E-state index is 0.223. The fourth-order valence-corrected chi connectivity index (χ4v) is 3.34. The highest BCUT2D eigenvalue weighted by atomic mass is 19.1. The van der Waals surface area contributed by atoms with Crippen molar-refractivity contribution < 1.29 is 8.78 Å². The predicted molar refractivity (Wildman–Crippen MR) is 109 cm³/mol. The molecule has 4 rings (SSSR count). The van der Waals surface area contributed by atoms with Crippen LogP contribution in [0.15, 0.2) is 54.7 Å². The molecule has 1 aromatic heterocycles. The SMILES string of the molecule is Fc1ccc(CCNc2nncc(N3CCN(c4ccc(F)cc4)CC3)n2)cc1. The van der Waals surface area contributed by atoms with Gasteiger partial charge in [-0.15, -0.1) is 5.10 Å². The van der Waals surface area contributed by atoms with Crippen molar-refractivity contribution in [3.8, 4) is 0 Å². The Bertz CT molecular complexity index is 925. The van der Waals surface area contributed by atoms with Gasteiger partial charge in [0, 0.05) is 38.4 Å². The minimum atomic E-state index is -0.235. The molecule has 1 aliphatic rings. The van der Waals surface area contributed by atoms with Crippen molar-refractivity contribution in [1.29, 1.82) is 0 Å². The maximum Gasteiger partial charge on any atom is 0.244 e. The van der Waals surface area contributed by atoms with Gasteiger partial charge < -0.3 is 15.1 Å². The number of piperazine rings is 1. The summed E-state index contributed by atoms with van der Waals surface area (Å²) < 4.78 is 26.1. The molecule has 0 atom stereocenters. The van der Waals surface area contributed by atoms with E-state index < -0.39 is 0 Å². The van der Waals surface area contributed by atoms with Crippen molar-refractivity contribution in [2.75, 3.05) is 47.8 Å². The van der Waals surface area contributed by atoms with E-state index in [1.54, 1.807) is 30.5 Å². The first-order valence-corrected chi connectivity index (χ1v) is 9.61. The van der Waals surface area contributed by atoms with Crippen LogP contribution in [0.1, 0.15) is 5.56 Å². The number of hydrogen-bond donors (Lipinski definition) is 1. The van der Waals surface area contributed by atoms with Crippen LogP contribution in [0.25, 0.3) is 0 Å². The summed E-state index contributed by atoms with van der Waals surface area (Å²) in [5.41, 5.74) is 2.06. The lowest BCUT2D eigenvalue weighted by Crippen LogP contribution is -2.47. The maximum absolute atomic E-state index is 13.1. The number of nitrogens with zero attached hydrogens (tertiary/aromatic N) is 5. The largest absolute Gasteiger partial charge is 0.368 e. The summed E-state index contributed by atoms with van der Waals surface area (Å²) in [7, 11) is 0. The number of rotatable bonds is 6. The summed E-state index contributed by atoms with van der Waals surface area (Å²) in [4.78, 5) is 8.96. The van der Waals surface area contributed by atoms with Crippen LogP contribution in [0.5, 0.6) is 0 Å². The number of hydrogen-bond acceptors (Lipinski definition) is 6. The third kappa shape index (κ3) is 4.96. The number of benzene rings is 2. The van der Waals surface area contributed by atoms with Gasteiger partial charge in [0.2, 0.25) is 5.95 Å². The lowest BCUT2D eigenvalue weighted by atomic mass is 10.1. The molecule has 1 saturated heterocycles. The second-order valence-electron chi connectivity index (χ2n) is 6.89. The number of nitrogens with one attached hydrogen (secondary N) is 1. The third-order valence-corrected chi connectivity index (χ3v) is 4.95. The first-order valence-electron chi connectivity index (χ1n) is 9.61. The van der Waals surface area contributed by atoms with Crippen molar-refractivity contribution in [1.82, 2.24) is 15.2 Å². The van der Waals surface area contributed by atoms with Crippen LogP contribution in [0.3, 0.4) is 0 Å². The summed E-state index contributed by atoms with van der Waals surface area (Å²) in [5.74, 6) is 0.800. The van der Waals surface area contributed by atoms with E-state index in [-0.39, 0.29) is 11.6 Å². The highest BCUT2D eigenvalue weighted by Gasteiger charge is 2.19. The molecular weight excluding hydrogens is 374 g/mol. The van der Waals surface area contributed by atoms with Crippen LogP contribution in [0, 0.1) is 11.6 Å². The Morgan fingerprint density at radius 1 is 0.828 bits per heavy atom. The fraction of sp³-hybridized carbons (Fsp3) is 0.286. The van der Waals surface area contributed by atoms with Gasteiger partial charge in [0.25, 0.3) is 0 Å². The molecule has 1 aliphatic heterocycles. The Kier molecular flexibility index (Phi) is 5.79. The summed E-state index contributed by atoms with van der Waals surface area (Å²) in [6, 6.07) is 13.0. The molecule has 0 spiro atoms. The monoisotopic (exact) mass is 396 g/mol. The summed E-state index contributed by atoms with van der Waals surface area (Å²) in [6.07, 6.45) is 2.41. The van der Waals surface area contributed by atoms with E-state index in [0.717, 1.165) is 49.7 Å². The Morgan fingerprint density at radius 3 is 2.14 bits per heavy atom. The molecule has 0 amide bonds. The molecule has 0 bridgehead atoms. The molecule has 29 heavy (non-hydrogen) atoms. The highest BCUT2D eigenvalue weighted by Crippen LogP contribution is 2.19. The van der Waals surface area contributed by atoms with Crippen molar-refractivity contribution >= 4 is 17.5 Å². The van der Waals surface area contributed by atoms with E-state index in [9.17, 15) is 8.78 Å². The second kappa shape index (κ2) is 8.81. The van der Waals surface area contributed by atoms with Crippen molar-refractivity contribution in [3.63, 3.8) is 0 Å². The van der Waals surface area contributed by atoms with Gasteiger partial charge in [-0.1, -0.05) is 12.1 Å². The quantitative estimate of drug-likeness (QED) is 0.691. The molecule has 2 aromatic carbocycles. The molecule has 0 unspecified atom stereocenters. The van der Waals surface area contributed by atoms with Crippen molar-refractivity contribution in [2.24, 2.45) is 0 Å². The Labute approximate surface area is 168 Å². The molecule has 8 heteroatoms. The maximum atomic E-state index is 13.1. The molecule has 0 saturated carbocycles. The van der Waals surface area contributed by atoms with Crippen LogP contribution in [0.2, 0.25) is 0 Å². The third-order valence-electron chi connectivity index (χ3n) is 4.95. The van der Waals surface area contributed by atoms with E-state index in [0.29, 0.717) is 12.5 Å².